The minimum Gasteiger partial charge on any atom is -0.323 e. The third-order valence-corrected chi connectivity index (χ3v) is 6.61. The van der Waals surface area contributed by atoms with Crippen molar-refractivity contribution in [2.45, 2.75) is 42.6 Å². The summed E-state index contributed by atoms with van der Waals surface area (Å²) in [5.41, 5.74) is 2.56. The molecule has 2 amide bonds. The van der Waals surface area contributed by atoms with Crippen LogP contribution in [0.2, 0.25) is 0 Å². The molecule has 1 saturated carbocycles. The Bertz CT molecular complexity index is 1130. The molecule has 1 fully saturated rings. The van der Waals surface area contributed by atoms with Crippen molar-refractivity contribution in [3.8, 4) is 0 Å². The number of amides is 2. The number of hydrogen-bond donors (Lipinski definition) is 1. The number of nitrogens with one attached hydrogen (secondary N) is 1. The first-order valence-corrected chi connectivity index (χ1v) is 11.3. The Morgan fingerprint density at radius 3 is 2.65 bits per heavy atom. The van der Waals surface area contributed by atoms with Gasteiger partial charge in [-0.15, -0.1) is 10.2 Å². The number of para-hydroxylation sites is 2. The first-order valence-electron chi connectivity index (χ1n) is 10.4. The normalized spacial score (nSPS) is 16.5. The molecule has 31 heavy (non-hydrogen) atoms. The summed E-state index contributed by atoms with van der Waals surface area (Å²) in [7, 11) is 0. The van der Waals surface area contributed by atoms with Gasteiger partial charge in [-0.3, -0.25) is 14.5 Å². The maximum Gasteiger partial charge on any atom is 0.244 e. The van der Waals surface area contributed by atoms with Gasteiger partial charge in [0.25, 0.3) is 0 Å². The maximum absolute atomic E-state index is 13.3. The second-order valence-corrected chi connectivity index (χ2v) is 9.24. The van der Waals surface area contributed by atoms with E-state index in [1.165, 1.54) is 17.3 Å². The Labute approximate surface area is 184 Å². The summed E-state index contributed by atoms with van der Waals surface area (Å²) in [6, 6.07) is 17.6. The molecule has 1 aromatic heterocycles. The lowest BCUT2D eigenvalue weighted by Crippen LogP contribution is -2.45. The summed E-state index contributed by atoms with van der Waals surface area (Å²) in [4.78, 5) is 27.0. The number of hydrogen-bond acceptors (Lipinski definition) is 5. The molecular weight excluding hydrogens is 410 g/mol. The van der Waals surface area contributed by atoms with Crippen molar-refractivity contribution >= 4 is 35.0 Å². The highest BCUT2D eigenvalue weighted by Crippen LogP contribution is 2.41. The lowest BCUT2D eigenvalue weighted by Gasteiger charge is -2.30. The number of carbonyl (C=O) groups excluding carboxylic acids is 2. The highest BCUT2D eigenvalue weighted by atomic mass is 32.2. The van der Waals surface area contributed by atoms with Gasteiger partial charge >= 0.3 is 0 Å². The molecule has 0 spiro atoms. The van der Waals surface area contributed by atoms with Crippen molar-refractivity contribution in [1.29, 1.82) is 0 Å². The molecule has 1 aliphatic carbocycles. The fraction of sp³-hybridized carbons (Fsp3) is 0.304. The van der Waals surface area contributed by atoms with Crippen molar-refractivity contribution in [1.82, 2.24) is 14.8 Å². The zero-order chi connectivity index (χ0) is 21.4. The average Bonchev–Trinajstić information content (AvgIpc) is 3.56. The molecule has 3 aromatic rings. The minimum atomic E-state index is -0.412. The summed E-state index contributed by atoms with van der Waals surface area (Å²) in [5, 5.41) is 12.0. The van der Waals surface area contributed by atoms with Crippen LogP contribution in [0.5, 0.6) is 0 Å². The quantitative estimate of drug-likeness (QED) is 0.600. The summed E-state index contributed by atoms with van der Waals surface area (Å²) < 4.78 is 2.14. The van der Waals surface area contributed by atoms with Crippen molar-refractivity contribution in [3.05, 3.63) is 66.0 Å². The van der Waals surface area contributed by atoms with Crippen LogP contribution >= 0.6 is 11.8 Å². The van der Waals surface area contributed by atoms with Gasteiger partial charge < -0.3 is 9.88 Å². The third kappa shape index (κ3) is 4.07. The number of fused-ring (bicyclic) bond motifs is 1. The van der Waals surface area contributed by atoms with Crippen LogP contribution in [0.15, 0.2) is 59.8 Å². The monoisotopic (exact) mass is 433 g/mol. The van der Waals surface area contributed by atoms with Crippen LogP contribution in [-0.4, -0.2) is 38.4 Å². The van der Waals surface area contributed by atoms with E-state index in [4.69, 9.17) is 0 Å². The van der Waals surface area contributed by atoms with E-state index < -0.39 is 5.25 Å². The lowest BCUT2D eigenvalue weighted by molar-refractivity contribution is -0.121. The summed E-state index contributed by atoms with van der Waals surface area (Å²) in [5.74, 6) is 1.14. The topological polar surface area (TPSA) is 80.1 Å². The minimum absolute atomic E-state index is 0.0186. The fourth-order valence-electron chi connectivity index (χ4n) is 3.80. The van der Waals surface area contributed by atoms with E-state index in [2.05, 4.69) is 32.2 Å². The highest BCUT2D eigenvalue weighted by Gasteiger charge is 2.33. The Morgan fingerprint density at radius 1 is 1.13 bits per heavy atom. The van der Waals surface area contributed by atoms with E-state index in [1.807, 2.05) is 49.4 Å². The standard InChI is InChI=1S/C23H23N5O2S/c1-15(22(30)27-14-20(29)24-18-9-5-6-10-19(18)27)31-23-26-25-21(17-11-12-17)28(23)13-16-7-3-2-4-8-16/h2-10,15,17H,11-14H2,1H3,(H,24,29)/t15-/m0/s1. The highest BCUT2D eigenvalue weighted by molar-refractivity contribution is 8.00. The predicted octanol–water partition coefficient (Wildman–Crippen LogP) is 3.67. The molecule has 0 unspecified atom stereocenters. The van der Waals surface area contributed by atoms with Gasteiger partial charge in [-0.25, -0.2) is 0 Å². The van der Waals surface area contributed by atoms with Crippen molar-refractivity contribution < 1.29 is 9.59 Å². The Kier molecular flexibility index (Phi) is 5.23. The summed E-state index contributed by atoms with van der Waals surface area (Å²) >= 11 is 1.40. The summed E-state index contributed by atoms with van der Waals surface area (Å²) in [6.07, 6.45) is 2.26. The number of aromatic nitrogens is 3. The molecule has 0 saturated heterocycles. The number of nitrogens with zero attached hydrogens (tertiary/aromatic N) is 4. The number of anilines is 2. The SMILES string of the molecule is C[C@H](Sc1nnc(C2CC2)n1Cc1ccccc1)C(=O)N1CC(=O)Nc2ccccc21. The van der Waals surface area contributed by atoms with Crippen LogP contribution in [0.1, 0.15) is 37.1 Å². The van der Waals surface area contributed by atoms with Gasteiger partial charge in [-0.2, -0.15) is 0 Å². The smallest absolute Gasteiger partial charge is 0.244 e. The van der Waals surface area contributed by atoms with Gasteiger partial charge in [0.2, 0.25) is 11.8 Å². The van der Waals surface area contributed by atoms with Gasteiger partial charge in [-0.05, 0) is 37.5 Å². The molecule has 8 heteroatoms. The maximum atomic E-state index is 13.3. The van der Waals surface area contributed by atoms with Gasteiger partial charge in [-0.1, -0.05) is 54.2 Å². The van der Waals surface area contributed by atoms with E-state index in [0.717, 1.165) is 29.5 Å². The van der Waals surface area contributed by atoms with E-state index in [1.54, 1.807) is 4.90 Å². The van der Waals surface area contributed by atoms with Gasteiger partial charge in [0.15, 0.2) is 5.16 Å². The molecule has 2 aliphatic rings. The molecule has 1 atom stereocenters. The van der Waals surface area contributed by atoms with E-state index in [0.29, 0.717) is 18.2 Å². The first-order chi connectivity index (χ1) is 15.1. The molecule has 2 aromatic carbocycles. The van der Waals surface area contributed by atoms with Crippen molar-refractivity contribution in [2.24, 2.45) is 0 Å². The fourth-order valence-corrected chi connectivity index (χ4v) is 4.72. The van der Waals surface area contributed by atoms with Crippen LogP contribution in [0.3, 0.4) is 0 Å². The molecule has 158 valence electrons. The number of carbonyl (C=O) groups is 2. The van der Waals surface area contributed by atoms with Crippen LogP contribution in [0.4, 0.5) is 11.4 Å². The molecule has 7 nitrogen and oxygen atoms in total. The van der Waals surface area contributed by atoms with Crippen molar-refractivity contribution in [3.63, 3.8) is 0 Å². The predicted molar refractivity (Wildman–Crippen MR) is 120 cm³/mol. The molecule has 0 bridgehead atoms. The zero-order valence-electron chi connectivity index (χ0n) is 17.2. The van der Waals surface area contributed by atoms with Crippen LogP contribution in [0, 0.1) is 0 Å². The average molecular weight is 434 g/mol. The van der Waals surface area contributed by atoms with Crippen molar-refractivity contribution in [2.75, 3.05) is 16.8 Å². The molecule has 2 heterocycles. The first kappa shape index (κ1) is 19.8. The molecule has 0 radical (unpaired) electrons. The van der Waals surface area contributed by atoms with Crippen LogP contribution in [0.25, 0.3) is 0 Å². The third-order valence-electron chi connectivity index (χ3n) is 5.54. The van der Waals surface area contributed by atoms with E-state index in [9.17, 15) is 9.59 Å². The van der Waals surface area contributed by atoms with Crippen LogP contribution in [-0.2, 0) is 16.1 Å². The van der Waals surface area contributed by atoms with Gasteiger partial charge in [0.05, 0.1) is 23.2 Å². The van der Waals surface area contributed by atoms with Crippen LogP contribution < -0.4 is 10.2 Å². The van der Waals surface area contributed by atoms with Gasteiger partial charge in [0.1, 0.15) is 12.4 Å². The number of rotatable bonds is 6. The molecular formula is C23H23N5O2S. The largest absolute Gasteiger partial charge is 0.323 e. The Balaban J connectivity index is 1.39. The molecule has 5 rings (SSSR count). The number of benzene rings is 2. The lowest BCUT2D eigenvalue weighted by atomic mass is 10.2. The second kappa shape index (κ2) is 8.19. The van der Waals surface area contributed by atoms with E-state index >= 15 is 0 Å². The number of thioether (sulfide) groups is 1. The Hall–Kier alpha value is -3.13. The molecule has 1 aliphatic heterocycles. The van der Waals surface area contributed by atoms with E-state index in [-0.39, 0.29) is 18.4 Å². The summed E-state index contributed by atoms with van der Waals surface area (Å²) in [6.45, 7) is 2.56. The van der Waals surface area contributed by atoms with Gasteiger partial charge in [0, 0.05) is 5.92 Å². The Morgan fingerprint density at radius 2 is 1.87 bits per heavy atom. The molecule has 1 N–H and O–H groups in total. The zero-order valence-corrected chi connectivity index (χ0v) is 18.0. The second-order valence-electron chi connectivity index (χ2n) is 7.94.